The van der Waals surface area contributed by atoms with Crippen molar-refractivity contribution in [3.8, 4) is 0 Å². The minimum Gasteiger partial charge on any atom is -0.462 e. The molecule has 2 rings (SSSR count). The molecule has 4 heteroatoms. The van der Waals surface area contributed by atoms with Crippen LogP contribution in [-0.4, -0.2) is 25.2 Å². The van der Waals surface area contributed by atoms with Crippen molar-refractivity contribution in [2.24, 2.45) is 0 Å². The second-order valence-corrected chi connectivity index (χ2v) is 5.14. The van der Waals surface area contributed by atoms with Crippen LogP contribution in [0.4, 0.5) is 0 Å². The van der Waals surface area contributed by atoms with Crippen LogP contribution in [0.2, 0.25) is 0 Å². The Labute approximate surface area is 141 Å². The fraction of sp³-hybridized carbons (Fsp3) is 0.200. The van der Waals surface area contributed by atoms with Gasteiger partial charge in [-0.05, 0) is 11.1 Å². The first kappa shape index (κ1) is 17.5. The molecule has 0 unspecified atom stereocenters. The van der Waals surface area contributed by atoms with Gasteiger partial charge in [-0.1, -0.05) is 60.7 Å². The highest BCUT2D eigenvalue weighted by Gasteiger charge is 2.02. The average molecular weight is 324 g/mol. The highest BCUT2D eigenvalue weighted by molar-refractivity contribution is 5.91. The number of hydrogen-bond donors (Lipinski definition) is 0. The molecule has 0 aliphatic rings. The van der Waals surface area contributed by atoms with Crippen LogP contribution >= 0.6 is 0 Å². The Bertz CT molecular complexity index is 603. The first-order chi connectivity index (χ1) is 11.7. The molecule has 0 aliphatic carbocycles. The van der Waals surface area contributed by atoms with Gasteiger partial charge in [0, 0.05) is 25.0 Å². The lowest BCUT2D eigenvalue weighted by Crippen LogP contribution is -2.08. The van der Waals surface area contributed by atoms with Crippen LogP contribution in [0.1, 0.15) is 11.1 Å². The lowest BCUT2D eigenvalue weighted by Gasteiger charge is -2.03. The summed E-state index contributed by atoms with van der Waals surface area (Å²) in [6.45, 7) is 0.548. The van der Waals surface area contributed by atoms with E-state index in [4.69, 9.17) is 9.47 Å². The number of carbonyl (C=O) groups is 2. The molecule has 0 saturated carbocycles. The van der Waals surface area contributed by atoms with E-state index < -0.39 is 11.9 Å². The minimum absolute atomic E-state index is 0.274. The quantitative estimate of drug-likeness (QED) is 0.553. The number of ether oxygens (including phenoxy) is 2. The van der Waals surface area contributed by atoms with Crippen molar-refractivity contribution in [3.63, 3.8) is 0 Å². The third-order valence-corrected chi connectivity index (χ3v) is 3.31. The van der Waals surface area contributed by atoms with Gasteiger partial charge >= 0.3 is 11.9 Å². The molecule has 0 atom stereocenters. The Hall–Kier alpha value is -2.88. The third kappa shape index (κ3) is 6.92. The van der Waals surface area contributed by atoms with E-state index in [1.807, 2.05) is 60.7 Å². The predicted molar refractivity (Wildman–Crippen MR) is 91.4 cm³/mol. The van der Waals surface area contributed by atoms with Gasteiger partial charge in [0.15, 0.2) is 0 Å². The van der Waals surface area contributed by atoms with E-state index in [1.165, 1.54) is 0 Å². The van der Waals surface area contributed by atoms with Crippen molar-refractivity contribution < 1.29 is 19.1 Å². The van der Waals surface area contributed by atoms with Gasteiger partial charge in [0.25, 0.3) is 0 Å². The number of rotatable bonds is 8. The van der Waals surface area contributed by atoms with Gasteiger partial charge in [-0.3, -0.25) is 0 Å². The molecular weight excluding hydrogens is 304 g/mol. The standard InChI is InChI=1S/C20H20O4/c21-19(23-15-13-17-7-3-1-4-8-17)11-12-20(22)24-16-14-18-9-5-2-6-10-18/h1-12H,13-16H2/b12-11+. The van der Waals surface area contributed by atoms with Gasteiger partial charge in [-0.2, -0.15) is 0 Å². The monoisotopic (exact) mass is 324 g/mol. The summed E-state index contributed by atoms with van der Waals surface area (Å²) in [7, 11) is 0. The summed E-state index contributed by atoms with van der Waals surface area (Å²) in [4.78, 5) is 23.0. The van der Waals surface area contributed by atoms with Gasteiger partial charge in [0.1, 0.15) is 0 Å². The molecule has 0 spiro atoms. The largest absolute Gasteiger partial charge is 0.462 e. The SMILES string of the molecule is O=C(/C=C/C(=O)OCCc1ccccc1)OCCc1ccccc1. The smallest absolute Gasteiger partial charge is 0.331 e. The van der Waals surface area contributed by atoms with Crippen LogP contribution in [0.25, 0.3) is 0 Å². The van der Waals surface area contributed by atoms with Crippen LogP contribution in [0.5, 0.6) is 0 Å². The molecule has 0 bridgehead atoms. The van der Waals surface area contributed by atoms with Crippen LogP contribution in [0.3, 0.4) is 0 Å². The molecule has 0 N–H and O–H groups in total. The van der Waals surface area contributed by atoms with E-state index in [0.29, 0.717) is 12.8 Å². The summed E-state index contributed by atoms with van der Waals surface area (Å²) in [6.07, 6.45) is 3.47. The Balaban J connectivity index is 1.61. The second kappa shape index (κ2) is 10.0. The molecule has 0 aromatic heterocycles. The topological polar surface area (TPSA) is 52.6 Å². The van der Waals surface area contributed by atoms with E-state index in [1.54, 1.807) is 0 Å². The van der Waals surface area contributed by atoms with Crippen molar-refractivity contribution in [1.29, 1.82) is 0 Å². The zero-order chi connectivity index (χ0) is 17.0. The van der Waals surface area contributed by atoms with Crippen molar-refractivity contribution in [3.05, 3.63) is 83.9 Å². The first-order valence-electron chi connectivity index (χ1n) is 7.83. The number of carbonyl (C=O) groups excluding carboxylic acids is 2. The molecule has 2 aromatic carbocycles. The van der Waals surface area contributed by atoms with Gasteiger partial charge in [0.05, 0.1) is 13.2 Å². The molecule has 0 aliphatic heterocycles. The highest BCUT2D eigenvalue weighted by atomic mass is 16.5. The summed E-state index contributed by atoms with van der Waals surface area (Å²) in [5.41, 5.74) is 2.18. The lowest BCUT2D eigenvalue weighted by atomic mass is 10.2. The van der Waals surface area contributed by atoms with Gasteiger partial charge in [0.2, 0.25) is 0 Å². The molecule has 124 valence electrons. The van der Waals surface area contributed by atoms with E-state index in [0.717, 1.165) is 23.3 Å². The zero-order valence-electron chi connectivity index (χ0n) is 13.4. The van der Waals surface area contributed by atoms with Crippen LogP contribution < -0.4 is 0 Å². The van der Waals surface area contributed by atoms with Crippen LogP contribution in [0, 0.1) is 0 Å². The molecule has 4 nitrogen and oxygen atoms in total. The summed E-state index contributed by atoms with van der Waals surface area (Å²) < 4.78 is 10.1. The minimum atomic E-state index is -0.550. The molecule has 2 aromatic rings. The lowest BCUT2D eigenvalue weighted by molar-refractivity contribution is -0.140. The highest BCUT2D eigenvalue weighted by Crippen LogP contribution is 2.01. The second-order valence-electron chi connectivity index (χ2n) is 5.14. The van der Waals surface area contributed by atoms with Crippen LogP contribution in [-0.2, 0) is 31.9 Å². The molecule has 0 amide bonds. The zero-order valence-corrected chi connectivity index (χ0v) is 13.4. The number of hydrogen-bond acceptors (Lipinski definition) is 4. The maximum atomic E-state index is 11.5. The van der Waals surface area contributed by atoms with E-state index in [-0.39, 0.29) is 13.2 Å². The Morgan fingerprint density at radius 2 is 1.04 bits per heavy atom. The summed E-state index contributed by atoms with van der Waals surface area (Å²) in [6, 6.07) is 19.5. The summed E-state index contributed by atoms with van der Waals surface area (Å²) in [5, 5.41) is 0. The van der Waals surface area contributed by atoms with E-state index >= 15 is 0 Å². The third-order valence-electron chi connectivity index (χ3n) is 3.31. The molecule has 0 fully saturated rings. The maximum absolute atomic E-state index is 11.5. The fourth-order valence-electron chi connectivity index (χ4n) is 2.06. The first-order valence-corrected chi connectivity index (χ1v) is 7.83. The fourth-order valence-corrected chi connectivity index (χ4v) is 2.06. The molecular formula is C20H20O4. The van der Waals surface area contributed by atoms with Crippen molar-refractivity contribution in [2.45, 2.75) is 12.8 Å². The van der Waals surface area contributed by atoms with Crippen LogP contribution in [0.15, 0.2) is 72.8 Å². The molecule has 0 heterocycles. The Kier molecular flexibility index (Phi) is 7.28. The van der Waals surface area contributed by atoms with Crippen molar-refractivity contribution in [1.82, 2.24) is 0 Å². The van der Waals surface area contributed by atoms with Crippen molar-refractivity contribution in [2.75, 3.05) is 13.2 Å². The maximum Gasteiger partial charge on any atom is 0.331 e. The summed E-state index contributed by atoms with van der Waals surface area (Å²) in [5.74, 6) is -1.10. The average Bonchev–Trinajstić information content (AvgIpc) is 2.62. The van der Waals surface area contributed by atoms with E-state index in [9.17, 15) is 9.59 Å². The van der Waals surface area contributed by atoms with Gasteiger partial charge in [-0.15, -0.1) is 0 Å². The normalized spacial score (nSPS) is 10.5. The molecule has 0 saturated heterocycles. The molecule has 24 heavy (non-hydrogen) atoms. The number of benzene rings is 2. The number of esters is 2. The van der Waals surface area contributed by atoms with Gasteiger partial charge < -0.3 is 9.47 Å². The van der Waals surface area contributed by atoms with E-state index in [2.05, 4.69) is 0 Å². The van der Waals surface area contributed by atoms with Gasteiger partial charge in [-0.25, -0.2) is 9.59 Å². The summed E-state index contributed by atoms with van der Waals surface area (Å²) >= 11 is 0. The Morgan fingerprint density at radius 3 is 1.42 bits per heavy atom. The van der Waals surface area contributed by atoms with Crippen molar-refractivity contribution >= 4 is 11.9 Å². The molecule has 0 radical (unpaired) electrons. The predicted octanol–water partition coefficient (Wildman–Crippen LogP) is 3.11. The Morgan fingerprint density at radius 1 is 0.667 bits per heavy atom.